The Kier molecular flexibility index (Phi) is 2.43. The maximum atomic E-state index is 11.1. The second-order valence-corrected chi connectivity index (χ2v) is 3.88. The summed E-state index contributed by atoms with van der Waals surface area (Å²) < 4.78 is 0. The van der Waals surface area contributed by atoms with Crippen LogP contribution in [-0.4, -0.2) is 41.0 Å². The molecule has 0 saturated carbocycles. The van der Waals surface area contributed by atoms with Gasteiger partial charge in [0.25, 0.3) is 5.56 Å². The number of likely N-dealkylation sites (N-methyl/N-ethyl adjacent to an activating group) is 1. The Morgan fingerprint density at radius 1 is 1.71 bits per heavy atom. The highest BCUT2D eigenvalue weighted by molar-refractivity contribution is 6.30. The second-order valence-electron chi connectivity index (χ2n) is 3.47. The van der Waals surface area contributed by atoms with Gasteiger partial charge in [0.05, 0.1) is 12.2 Å². The van der Waals surface area contributed by atoms with Gasteiger partial charge in [-0.25, -0.2) is 4.98 Å². The SMILES string of the molecule is CN1CC(Nc2ncc(Cl)c(=O)[nH]2)C1. The van der Waals surface area contributed by atoms with Crippen molar-refractivity contribution in [2.45, 2.75) is 6.04 Å². The van der Waals surface area contributed by atoms with E-state index in [0.717, 1.165) is 13.1 Å². The summed E-state index contributed by atoms with van der Waals surface area (Å²) in [7, 11) is 2.04. The number of hydrogen-bond acceptors (Lipinski definition) is 4. The number of nitrogens with zero attached hydrogens (tertiary/aromatic N) is 2. The molecule has 0 unspecified atom stereocenters. The van der Waals surface area contributed by atoms with Gasteiger partial charge in [-0.3, -0.25) is 9.78 Å². The van der Waals surface area contributed by atoms with Gasteiger partial charge in [-0.2, -0.15) is 0 Å². The molecule has 1 aliphatic heterocycles. The van der Waals surface area contributed by atoms with E-state index in [9.17, 15) is 4.79 Å². The van der Waals surface area contributed by atoms with Crippen molar-refractivity contribution in [3.05, 3.63) is 21.6 Å². The maximum absolute atomic E-state index is 11.1. The standard InChI is InChI=1S/C8H11ClN4O/c1-13-3-5(4-13)11-8-10-2-6(9)7(14)12-8/h2,5H,3-4H2,1H3,(H2,10,11,12,14). The molecule has 6 heteroatoms. The van der Waals surface area contributed by atoms with Gasteiger partial charge in [-0.15, -0.1) is 0 Å². The zero-order valence-electron chi connectivity index (χ0n) is 7.75. The van der Waals surface area contributed by atoms with Crippen LogP contribution in [0.3, 0.4) is 0 Å². The Hall–Kier alpha value is -1.07. The number of aromatic nitrogens is 2. The van der Waals surface area contributed by atoms with Crippen molar-refractivity contribution in [1.29, 1.82) is 0 Å². The molecule has 1 fully saturated rings. The van der Waals surface area contributed by atoms with Crippen LogP contribution >= 0.6 is 11.6 Å². The van der Waals surface area contributed by atoms with E-state index >= 15 is 0 Å². The van der Waals surface area contributed by atoms with E-state index in [1.807, 2.05) is 7.05 Å². The molecule has 0 amide bonds. The van der Waals surface area contributed by atoms with Crippen LogP contribution in [0.25, 0.3) is 0 Å². The molecule has 5 nitrogen and oxygen atoms in total. The van der Waals surface area contributed by atoms with E-state index in [1.54, 1.807) is 0 Å². The molecule has 2 rings (SSSR count). The molecular weight excluding hydrogens is 204 g/mol. The molecule has 14 heavy (non-hydrogen) atoms. The molecular formula is C8H11ClN4O. The number of rotatable bonds is 2. The third kappa shape index (κ3) is 1.88. The van der Waals surface area contributed by atoms with Crippen molar-refractivity contribution in [3.63, 3.8) is 0 Å². The summed E-state index contributed by atoms with van der Waals surface area (Å²) in [6.07, 6.45) is 1.35. The molecule has 0 spiro atoms. The molecule has 1 aromatic heterocycles. The number of likely N-dealkylation sites (tertiary alicyclic amines) is 1. The van der Waals surface area contributed by atoms with E-state index in [0.29, 0.717) is 12.0 Å². The minimum absolute atomic E-state index is 0.112. The third-order valence-corrected chi connectivity index (χ3v) is 2.43. The second kappa shape index (κ2) is 3.59. The lowest BCUT2D eigenvalue weighted by atomic mass is 10.1. The largest absolute Gasteiger partial charge is 0.350 e. The Balaban J connectivity index is 2.03. The van der Waals surface area contributed by atoms with Crippen LogP contribution < -0.4 is 10.9 Å². The molecule has 1 saturated heterocycles. The fourth-order valence-corrected chi connectivity index (χ4v) is 1.53. The highest BCUT2D eigenvalue weighted by Crippen LogP contribution is 2.09. The van der Waals surface area contributed by atoms with Crippen molar-refractivity contribution in [1.82, 2.24) is 14.9 Å². The van der Waals surface area contributed by atoms with E-state index in [2.05, 4.69) is 20.2 Å². The van der Waals surface area contributed by atoms with Crippen molar-refractivity contribution in [2.24, 2.45) is 0 Å². The van der Waals surface area contributed by atoms with E-state index in [-0.39, 0.29) is 10.6 Å². The van der Waals surface area contributed by atoms with Crippen molar-refractivity contribution < 1.29 is 0 Å². The molecule has 0 aliphatic carbocycles. The number of H-pyrrole nitrogens is 1. The zero-order chi connectivity index (χ0) is 10.1. The van der Waals surface area contributed by atoms with E-state index in [4.69, 9.17) is 11.6 Å². The van der Waals surface area contributed by atoms with Gasteiger partial charge in [-0.1, -0.05) is 11.6 Å². The first kappa shape index (κ1) is 9.48. The molecule has 0 bridgehead atoms. The van der Waals surface area contributed by atoms with Crippen LogP contribution in [0.5, 0.6) is 0 Å². The summed E-state index contributed by atoms with van der Waals surface area (Å²) in [6.45, 7) is 1.93. The Bertz CT molecular complexity index is 385. The zero-order valence-corrected chi connectivity index (χ0v) is 8.51. The van der Waals surface area contributed by atoms with Gasteiger partial charge < -0.3 is 10.2 Å². The normalized spacial score (nSPS) is 17.9. The highest BCUT2D eigenvalue weighted by Gasteiger charge is 2.23. The first-order valence-electron chi connectivity index (χ1n) is 4.35. The smallest absolute Gasteiger partial charge is 0.271 e. The lowest BCUT2D eigenvalue weighted by Gasteiger charge is -2.36. The van der Waals surface area contributed by atoms with Gasteiger partial charge >= 0.3 is 0 Å². The topological polar surface area (TPSA) is 61.0 Å². The lowest BCUT2D eigenvalue weighted by molar-refractivity contribution is 0.204. The molecule has 1 aromatic rings. The fraction of sp³-hybridized carbons (Fsp3) is 0.500. The number of halogens is 1. The van der Waals surface area contributed by atoms with Crippen LogP contribution in [0.15, 0.2) is 11.0 Å². The first-order valence-corrected chi connectivity index (χ1v) is 4.73. The van der Waals surface area contributed by atoms with Gasteiger partial charge in [0.1, 0.15) is 5.02 Å². The highest BCUT2D eigenvalue weighted by atomic mass is 35.5. The monoisotopic (exact) mass is 214 g/mol. The average Bonchev–Trinajstić information content (AvgIpc) is 2.09. The van der Waals surface area contributed by atoms with Crippen LogP contribution in [0.4, 0.5) is 5.95 Å². The quantitative estimate of drug-likeness (QED) is 0.736. The number of anilines is 1. The van der Waals surface area contributed by atoms with E-state index < -0.39 is 0 Å². The molecule has 2 heterocycles. The summed E-state index contributed by atoms with van der Waals surface area (Å²) in [5.74, 6) is 0.484. The average molecular weight is 215 g/mol. The molecule has 0 aromatic carbocycles. The first-order chi connectivity index (χ1) is 6.65. The van der Waals surface area contributed by atoms with E-state index in [1.165, 1.54) is 6.20 Å². The summed E-state index contributed by atoms with van der Waals surface area (Å²) in [6, 6.07) is 0.365. The Morgan fingerprint density at radius 3 is 3.00 bits per heavy atom. The van der Waals surface area contributed by atoms with Crippen LogP contribution in [-0.2, 0) is 0 Å². The van der Waals surface area contributed by atoms with Crippen molar-refractivity contribution >= 4 is 17.5 Å². The number of nitrogens with one attached hydrogen (secondary N) is 2. The van der Waals surface area contributed by atoms with Gasteiger partial charge in [0.15, 0.2) is 0 Å². The van der Waals surface area contributed by atoms with Crippen molar-refractivity contribution in [3.8, 4) is 0 Å². The Morgan fingerprint density at radius 2 is 2.43 bits per heavy atom. The molecule has 1 aliphatic rings. The molecule has 76 valence electrons. The fourth-order valence-electron chi connectivity index (χ4n) is 1.44. The van der Waals surface area contributed by atoms with Crippen LogP contribution in [0.2, 0.25) is 5.02 Å². The van der Waals surface area contributed by atoms with Gasteiger partial charge in [0.2, 0.25) is 5.95 Å². The summed E-state index contributed by atoms with van der Waals surface area (Å²) in [4.78, 5) is 19.8. The lowest BCUT2D eigenvalue weighted by Crippen LogP contribution is -2.52. The minimum Gasteiger partial charge on any atom is -0.350 e. The van der Waals surface area contributed by atoms with Crippen LogP contribution in [0.1, 0.15) is 0 Å². The summed E-state index contributed by atoms with van der Waals surface area (Å²) in [5, 5.41) is 3.22. The molecule has 0 radical (unpaired) electrons. The maximum Gasteiger partial charge on any atom is 0.271 e. The predicted octanol–water partition coefficient (Wildman–Crippen LogP) is 0.149. The van der Waals surface area contributed by atoms with Crippen molar-refractivity contribution in [2.75, 3.05) is 25.5 Å². The third-order valence-electron chi connectivity index (χ3n) is 2.16. The predicted molar refractivity (Wildman–Crippen MR) is 54.8 cm³/mol. The molecule has 0 atom stereocenters. The van der Waals surface area contributed by atoms with Gasteiger partial charge in [0, 0.05) is 13.1 Å². The summed E-state index contributed by atoms with van der Waals surface area (Å²) >= 11 is 5.55. The number of aromatic amines is 1. The van der Waals surface area contributed by atoms with Gasteiger partial charge in [-0.05, 0) is 7.05 Å². The van der Waals surface area contributed by atoms with Crippen LogP contribution in [0, 0.1) is 0 Å². The Labute approximate surface area is 86.1 Å². The minimum atomic E-state index is -0.308. The number of hydrogen-bond donors (Lipinski definition) is 2. The summed E-state index contributed by atoms with van der Waals surface area (Å²) in [5.41, 5.74) is -0.308. The molecule has 2 N–H and O–H groups in total.